The molecule has 2 heterocycles. The van der Waals surface area contributed by atoms with Gasteiger partial charge in [-0.05, 0) is 23.3 Å². The van der Waals surface area contributed by atoms with E-state index in [9.17, 15) is 0 Å². The van der Waals surface area contributed by atoms with E-state index in [1.165, 1.54) is 0 Å². The highest BCUT2D eigenvalue weighted by Gasteiger charge is 2.03. The van der Waals surface area contributed by atoms with Gasteiger partial charge >= 0.3 is 5.82 Å². The molecule has 24 heavy (non-hydrogen) atoms. The highest BCUT2D eigenvalue weighted by atomic mass is 16.3. The van der Waals surface area contributed by atoms with Gasteiger partial charge in [0.05, 0.1) is 25.0 Å². The molecule has 7 nitrogen and oxygen atoms in total. The van der Waals surface area contributed by atoms with Crippen molar-refractivity contribution < 1.29 is 9.67 Å². The first-order valence-corrected chi connectivity index (χ1v) is 7.92. The van der Waals surface area contributed by atoms with Crippen LogP contribution in [0.15, 0.2) is 69.2 Å². The molecule has 0 radical (unpaired) electrons. The lowest BCUT2D eigenvalue weighted by Crippen LogP contribution is -2.26. The molecule has 0 atom stereocenters. The van der Waals surface area contributed by atoms with Crippen LogP contribution in [0.4, 0.5) is 5.82 Å². The average Bonchev–Trinajstić information content (AvgIpc) is 2.62. The zero-order valence-electron chi connectivity index (χ0n) is 14.7. The first-order valence-electron chi connectivity index (χ1n) is 7.92. The molecular weight excluding hydrogens is 304 g/mol. The van der Waals surface area contributed by atoms with Gasteiger partial charge in [0.2, 0.25) is 0 Å². The van der Waals surface area contributed by atoms with Crippen molar-refractivity contribution in [2.45, 2.75) is 27.3 Å². The normalized spacial score (nSPS) is 12.2. The summed E-state index contributed by atoms with van der Waals surface area (Å²) in [7, 11) is 1.90. The number of aryl methyl sites for hydroxylation is 1. The van der Waals surface area contributed by atoms with Crippen LogP contribution in [0.5, 0.6) is 0 Å². The van der Waals surface area contributed by atoms with Gasteiger partial charge in [-0.15, -0.1) is 10.2 Å². The molecule has 2 aromatic heterocycles. The zero-order valence-corrected chi connectivity index (χ0v) is 14.7. The van der Waals surface area contributed by atoms with Crippen molar-refractivity contribution in [3.8, 4) is 0 Å². The minimum atomic E-state index is 0.0457. The third-order valence-corrected chi connectivity index (χ3v) is 2.88. The highest BCUT2D eigenvalue weighted by Crippen LogP contribution is 2.03. The Balaban J connectivity index is 0.00000139. The summed E-state index contributed by atoms with van der Waals surface area (Å²) >= 11 is 0. The van der Waals surface area contributed by atoms with Crippen LogP contribution in [-0.2, 0) is 13.6 Å². The number of aliphatic hydroxyl groups excluding tert-OH is 1. The van der Waals surface area contributed by atoms with Crippen molar-refractivity contribution in [3.05, 3.63) is 54.3 Å². The third kappa shape index (κ3) is 6.21. The molecule has 2 aromatic rings. The van der Waals surface area contributed by atoms with Gasteiger partial charge in [0.15, 0.2) is 11.3 Å². The summed E-state index contributed by atoms with van der Waals surface area (Å²) in [6.45, 7) is 6.25. The first kappa shape index (κ1) is 19.4. The fraction of sp³-hybridized carbons (Fsp3) is 0.353. The molecule has 0 bridgehead atoms. The highest BCUT2D eigenvalue weighted by molar-refractivity contribution is 5.79. The van der Waals surface area contributed by atoms with Gasteiger partial charge in [-0.1, -0.05) is 26.0 Å². The standard InChI is InChI=1S/C15H19N6O.C2H6/c1-13(16-18-14-7-3-5-9-20(14)2)17-19-15-8-4-6-10-21(15)11-12-22;1-2/h3-10,22H,11-12H2,1-2H3;1-2H3/q+1;. The molecule has 2 rings (SSSR count). The molecule has 0 aliphatic rings. The molecule has 0 aromatic carbocycles. The number of azo groups is 1. The van der Waals surface area contributed by atoms with Crippen LogP contribution in [0.3, 0.4) is 0 Å². The van der Waals surface area contributed by atoms with Crippen molar-refractivity contribution in [2.75, 3.05) is 6.61 Å². The van der Waals surface area contributed by atoms with Crippen LogP contribution in [0.2, 0.25) is 0 Å². The number of nitrogens with zero attached hydrogens (tertiary/aromatic N) is 6. The quantitative estimate of drug-likeness (QED) is 0.302. The van der Waals surface area contributed by atoms with E-state index >= 15 is 0 Å². The smallest absolute Gasteiger partial charge is 0.350 e. The largest absolute Gasteiger partial charge is 0.395 e. The van der Waals surface area contributed by atoms with Crippen molar-refractivity contribution >= 4 is 11.7 Å². The number of hydrogen-bond acceptors (Lipinski definition) is 4. The van der Waals surface area contributed by atoms with Crippen molar-refractivity contribution in [3.63, 3.8) is 0 Å². The van der Waals surface area contributed by atoms with E-state index in [1.807, 2.05) is 78.8 Å². The summed E-state index contributed by atoms with van der Waals surface area (Å²) in [5.41, 5.74) is 0.649. The predicted octanol–water partition coefficient (Wildman–Crippen LogP) is 2.35. The molecular formula is C17H25N6O+. The van der Waals surface area contributed by atoms with Crippen LogP contribution in [0, 0.1) is 0 Å². The maximum Gasteiger partial charge on any atom is 0.350 e. The number of amidine groups is 1. The second-order valence-corrected chi connectivity index (χ2v) is 4.59. The minimum absolute atomic E-state index is 0.0457. The second-order valence-electron chi connectivity index (χ2n) is 4.59. The number of aromatic nitrogens is 2. The van der Waals surface area contributed by atoms with Crippen molar-refractivity contribution in [1.29, 1.82) is 0 Å². The molecule has 0 aliphatic heterocycles. The summed E-state index contributed by atoms with van der Waals surface area (Å²) in [4.78, 5) is 0. The Morgan fingerprint density at radius 2 is 1.92 bits per heavy atom. The van der Waals surface area contributed by atoms with Gasteiger partial charge in [0, 0.05) is 25.7 Å². The monoisotopic (exact) mass is 329 g/mol. The molecule has 128 valence electrons. The topological polar surface area (TPSA) is 78.5 Å². The Morgan fingerprint density at radius 3 is 2.62 bits per heavy atom. The van der Waals surface area contributed by atoms with Crippen LogP contribution >= 0.6 is 0 Å². The Morgan fingerprint density at radius 1 is 1.17 bits per heavy atom. The average molecular weight is 329 g/mol. The lowest BCUT2D eigenvalue weighted by atomic mass is 10.4. The number of hydrogen-bond donors (Lipinski definition) is 1. The van der Waals surface area contributed by atoms with E-state index in [4.69, 9.17) is 5.11 Å². The van der Waals surface area contributed by atoms with Crippen LogP contribution in [0.1, 0.15) is 20.8 Å². The maximum absolute atomic E-state index is 9.02. The molecule has 0 saturated heterocycles. The summed E-state index contributed by atoms with van der Waals surface area (Å²) in [5.74, 6) is 1.18. The molecule has 0 saturated carbocycles. The molecule has 0 amide bonds. The van der Waals surface area contributed by atoms with Gasteiger partial charge < -0.3 is 9.67 Å². The van der Waals surface area contributed by atoms with Crippen LogP contribution in [0.25, 0.3) is 0 Å². The maximum atomic E-state index is 9.02. The SMILES string of the molecule is C/C(N=Nc1cccc[n+]1C)=N\N=c1/ccccn1CCO.CC. The number of rotatable bonds is 4. The minimum Gasteiger partial charge on any atom is -0.395 e. The van der Waals surface area contributed by atoms with Gasteiger partial charge in [0.25, 0.3) is 0 Å². The molecule has 0 aliphatic carbocycles. The number of pyridine rings is 2. The first-order chi connectivity index (χ1) is 11.7. The van der Waals surface area contributed by atoms with E-state index in [0.717, 1.165) is 5.82 Å². The summed E-state index contributed by atoms with van der Waals surface area (Å²) in [5, 5.41) is 25.4. The van der Waals surface area contributed by atoms with Crippen molar-refractivity contribution in [1.82, 2.24) is 4.57 Å². The Labute approximate surface area is 142 Å². The molecule has 7 heteroatoms. The zero-order chi connectivity index (χ0) is 17.8. The Kier molecular flexibility index (Phi) is 8.85. The van der Waals surface area contributed by atoms with Crippen LogP contribution in [-0.4, -0.2) is 22.1 Å². The Bertz CT molecular complexity index is 748. The van der Waals surface area contributed by atoms with Gasteiger partial charge in [0.1, 0.15) is 0 Å². The van der Waals surface area contributed by atoms with Gasteiger partial charge in [-0.25, -0.2) is 4.57 Å². The van der Waals surface area contributed by atoms with Gasteiger partial charge in [-0.2, -0.15) is 0 Å². The molecule has 0 spiro atoms. The lowest BCUT2D eigenvalue weighted by Gasteiger charge is -2.02. The lowest BCUT2D eigenvalue weighted by molar-refractivity contribution is -0.658. The second kappa shape index (κ2) is 11.0. The molecule has 0 fully saturated rings. The Hall–Kier alpha value is -2.67. The van der Waals surface area contributed by atoms with E-state index in [2.05, 4.69) is 20.4 Å². The van der Waals surface area contributed by atoms with Gasteiger partial charge in [-0.3, -0.25) is 0 Å². The third-order valence-electron chi connectivity index (χ3n) is 2.88. The fourth-order valence-electron chi connectivity index (χ4n) is 1.74. The number of aliphatic hydroxyl groups is 1. The summed E-state index contributed by atoms with van der Waals surface area (Å²) < 4.78 is 3.67. The van der Waals surface area contributed by atoms with E-state index in [-0.39, 0.29) is 6.61 Å². The van der Waals surface area contributed by atoms with E-state index in [1.54, 1.807) is 6.92 Å². The van der Waals surface area contributed by atoms with E-state index in [0.29, 0.717) is 17.9 Å². The molecule has 0 unspecified atom stereocenters. The summed E-state index contributed by atoms with van der Waals surface area (Å²) in [6.07, 6.45) is 3.73. The van der Waals surface area contributed by atoms with Crippen molar-refractivity contribution in [2.24, 2.45) is 27.5 Å². The fourth-order valence-corrected chi connectivity index (χ4v) is 1.74. The molecule has 1 N–H and O–H groups in total. The predicted molar refractivity (Wildman–Crippen MR) is 93.7 cm³/mol. The summed E-state index contributed by atoms with van der Waals surface area (Å²) in [6, 6.07) is 11.2. The van der Waals surface area contributed by atoms with Crippen LogP contribution < -0.4 is 10.1 Å². The van der Waals surface area contributed by atoms with E-state index < -0.39 is 0 Å².